The van der Waals surface area contributed by atoms with Gasteiger partial charge in [0.05, 0.1) is 0 Å². The molecule has 2 rings (SSSR count). The highest BCUT2D eigenvalue weighted by molar-refractivity contribution is 5.05. The number of hydrogen-bond donors (Lipinski definition) is 1. The molecule has 1 N–H and O–H groups in total. The first kappa shape index (κ1) is 9.65. The molecule has 0 aliphatic carbocycles. The van der Waals surface area contributed by atoms with Gasteiger partial charge in [-0.05, 0) is 25.9 Å². The highest BCUT2D eigenvalue weighted by atomic mass is 19.1. The van der Waals surface area contributed by atoms with Gasteiger partial charge >= 0.3 is 0 Å². The SMILES string of the molecule is Cn1ccnc1C1(F)CCCNCC1. The van der Waals surface area contributed by atoms with Gasteiger partial charge < -0.3 is 9.88 Å². The van der Waals surface area contributed by atoms with Crippen LogP contribution in [-0.4, -0.2) is 22.6 Å². The van der Waals surface area contributed by atoms with Crippen molar-refractivity contribution >= 4 is 0 Å². The second-order valence-corrected chi connectivity index (χ2v) is 3.93. The van der Waals surface area contributed by atoms with Crippen LogP contribution in [0.1, 0.15) is 25.1 Å². The second-order valence-electron chi connectivity index (χ2n) is 3.93. The maximum Gasteiger partial charge on any atom is 0.169 e. The fraction of sp³-hybridized carbons (Fsp3) is 0.700. The van der Waals surface area contributed by atoms with E-state index in [4.69, 9.17) is 0 Å². The van der Waals surface area contributed by atoms with E-state index in [1.165, 1.54) is 0 Å². The lowest BCUT2D eigenvalue weighted by Crippen LogP contribution is -2.25. The molecule has 3 nitrogen and oxygen atoms in total. The van der Waals surface area contributed by atoms with Crippen molar-refractivity contribution in [2.75, 3.05) is 13.1 Å². The van der Waals surface area contributed by atoms with Gasteiger partial charge in [0.1, 0.15) is 5.82 Å². The Labute approximate surface area is 83.3 Å². The van der Waals surface area contributed by atoms with Gasteiger partial charge in [-0.25, -0.2) is 9.37 Å². The summed E-state index contributed by atoms with van der Waals surface area (Å²) in [5.74, 6) is 0.571. The predicted molar refractivity (Wildman–Crippen MR) is 52.7 cm³/mol. The molecule has 1 aromatic heterocycles. The van der Waals surface area contributed by atoms with Gasteiger partial charge in [0.15, 0.2) is 5.67 Å². The summed E-state index contributed by atoms with van der Waals surface area (Å²) in [5.41, 5.74) is -1.23. The summed E-state index contributed by atoms with van der Waals surface area (Å²) in [5, 5.41) is 3.21. The first-order chi connectivity index (χ1) is 6.72. The molecule has 1 fully saturated rings. The molecule has 78 valence electrons. The van der Waals surface area contributed by atoms with Crippen LogP contribution < -0.4 is 5.32 Å². The lowest BCUT2D eigenvalue weighted by molar-refractivity contribution is 0.128. The average molecular weight is 197 g/mol. The van der Waals surface area contributed by atoms with Crippen LogP contribution in [0.5, 0.6) is 0 Å². The molecule has 1 aliphatic rings. The van der Waals surface area contributed by atoms with Crippen LogP contribution in [0.25, 0.3) is 0 Å². The Bertz CT molecular complexity index is 300. The molecule has 0 radical (unpaired) electrons. The number of nitrogens with one attached hydrogen (secondary N) is 1. The third-order valence-corrected chi connectivity index (χ3v) is 2.85. The molecule has 0 spiro atoms. The Morgan fingerprint density at radius 2 is 2.36 bits per heavy atom. The standard InChI is InChI=1S/C10H16FN3/c1-14-8-7-13-9(14)10(11)3-2-5-12-6-4-10/h7-8,12H,2-6H2,1H3. The molecule has 1 aliphatic heterocycles. The minimum absolute atomic E-state index is 0.526. The monoisotopic (exact) mass is 197 g/mol. The Kier molecular flexibility index (Phi) is 2.54. The number of alkyl halides is 1. The number of rotatable bonds is 1. The van der Waals surface area contributed by atoms with E-state index in [0.29, 0.717) is 18.7 Å². The molecule has 0 bridgehead atoms. The number of aryl methyl sites for hydroxylation is 1. The van der Waals surface area contributed by atoms with Crippen molar-refractivity contribution in [1.29, 1.82) is 0 Å². The van der Waals surface area contributed by atoms with Gasteiger partial charge in [-0.1, -0.05) is 0 Å². The van der Waals surface area contributed by atoms with E-state index in [9.17, 15) is 4.39 Å². The molecule has 0 amide bonds. The van der Waals surface area contributed by atoms with Gasteiger partial charge in [0, 0.05) is 25.9 Å². The minimum Gasteiger partial charge on any atom is -0.335 e. The van der Waals surface area contributed by atoms with E-state index in [2.05, 4.69) is 10.3 Å². The van der Waals surface area contributed by atoms with E-state index in [1.54, 1.807) is 17.0 Å². The van der Waals surface area contributed by atoms with E-state index >= 15 is 0 Å². The molecule has 0 saturated carbocycles. The smallest absolute Gasteiger partial charge is 0.169 e. The van der Waals surface area contributed by atoms with Crippen LogP contribution in [-0.2, 0) is 12.7 Å². The van der Waals surface area contributed by atoms with Crippen molar-refractivity contribution in [2.24, 2.45) is 7.05 Å². The summed E-state index contributed by atoms with van der Waals surface area (Å²) in [6.07, 6.45) is 5.44. The Hall–Kier alpha value is -0.900. The van der Waals surface area contributed by atoms with Crippen molar-refractivity contribution in [1.82, 2.24) is 14.9 Å². The zero-order valence-electron chi connectivity index (χ0n) is 8.46. The highest BCUT2D eigenvalue weighted by Crippen LogP contribution is 2.34. The summed E-state index contributed by atoms with van der Waals surface area (Å²) in [4.78, 5) is 4.11. The van der Waals surface area contributed by atoms with Crippen LogP contribution in [0, 0.1) is 0 Å². The maximum atomic E-state index is 14.5. The molecule has 1 aromatic rings. The van der Waals surface area contributed by atoms with Crippen molar-refractivity contribution in [3.8, 4) is 0 Å². The molecule has 4 heteroatoms. The zero-order chi connectivity index (χ0) is 10.0. The van der Waals surface area contributed by atoms with Crippen molar-refractivity contribution in [3.05, 3.63) is 18.2 Å². The number of aromatic nitrogens is 2. The van der Waals surface area contributed by atoms with Gasteiger partial charge in [0.25, 0.3) is 0 Å². The highest BCUT2D eigenvalue weighted by Gasteiger charge is 2.35. The largest absolute Gasteiger partial charge is 0.335 e. The summed E-state index contributed by atoms with van der Waals surface area (Å²) < 4.78 is 16.3. The predicted octanol–water partition coefficient (Wildman–Crippen LogP) is 1.36. The van der Waals surface area contributed by atoms with Gasteiger partial charge in [-0.15, -0.1) is 0 Å². The Balaban J connectivity index is 2.25. The zero-order valence-corrected chi connectivity index (χ0v) is 8.46. The first-order valence-electron chi connectivity index (χ1n) is 5.10. The molecule has 14 heavy (non-hydrogen) atoms. The number of halogens is 1. The minimum atomic E-state index is -1.23. The normalized spacial score (nSPS) is 28.7. The first-order valence-corrected chi connectivity index (χ1v) is 5.10. The van der Waals surface area contributed by atoms with E-state index in [1.807, 2.05) is 7.05 Å². The number of imidazole rings is 1. The molecule has 1 unspecified atom stereocenters. The molecular weight excluding hydrogens is 181 g/mol. The van der Waals surface area contributed by atoms with Crippen LogP contribution in [0.2, 0.25) is 0 Å². The third kappa shape index (κ3) is 1.66. The van der Waals surface area contributed by atoms with Gasteiger partial charge in [0.2, 0.25) is 0 Å². The Morgan fingerprint density at radius 3 is 3.07 bits per heavy atom. The molecule has 0 aromatic carbocycles. The lowest BCUT2D eigenvalue weighted by Gasteiger charge is -2.22. The van der Waals surface area contributed by atoms with Gasteiger partial charge in [-0.2, -0.15) is 0 Å². The topological polar surface area (TPSA) is 29.9 Å². The van der Waals surface area contributed by atoms with Crippen LogP contribution in [0.4, 0.5) is 4.39 Å². The number of nitrogens with zero attached hydrogens (tertiary/aromatic N) is 2. The Morgan fingerprint density at radius 1 is 1.50 bits per heavy atom. The van der Waals surface area contributed by atoms with E-state index in [-0.39, 0.29) is 0 Å². The van der Waals surface area contributed by atoms with Crippen molar-refractivity contribution in [3.63, 3.8) is 0 Å². The summed E-state index contributed by atoms with van der Waals surface area (Å²) in [6, 6.07) is 0. The summed E-state index contributed by atoms with van der Waals surface area (Å²) in [6.45, 7) is 1.65. The van der Waals surface area contributed by atoms with Crippen LogP contribution in [0.3, 0.4) is 0 Å². The summed E-state index contributed by atoms with van der Waals surface area (Å²) >= 11 is 0. The maximum absolute atomic E-state index is 14.5. The molecular formula is C10H16FN3. The number of hydrogen-bond acceptors (Lipinski definition) is 2. The fourth-order valence-corrected chi connectivity index (χ4v) is 2.05. The fourth-order valence-electron chi connectivity index (χ4n) is 2.05. The van der Waals surface area contributed by atoms with Crippen LogP contribution in [0.15, 0.2) is 12.4 Å². The van der Waals surface area contributed by atoms with E-state index in [0.717, 1.165) is 19.5 Å². The van der Waals surface area contributed by atoms with Crippen LogP contribution >= 0.6 is 0 Å². The molecule has 1 atom stereocenters. The van der Waals surface area contributed by atoms with E-state index < -0.39 is 5.67 Å². The van der Waals surface area contributed by atoms with Crippen molar-refractivity contribution in [2.45, 2.75) is 24.9 Å². The molecule has 1 saturated heterocycles. The summed E-state index contributed by atoms with van der Waals surface area (Å²) in [7, 11) is 1.85. The lowest BCUT2D eigenvalue weighted by atomic mass is 9.96. The molecule has 2 heterocycles. The second kappa shape index (κ2) is 3.69. The van der Waals surface area contributed by atoms with Crippen molar-refractivity contribution < 1.29 is 4.39 Å². The van der Waals surface area contributed by atoms with Gasteiger partial charge in [-0.3, -0.25) is 0 Å². The third-order valence-electron chi connectivity index (χ3n) is 2.85. The quantitative estimate of drug-likeness (QED) is 0.736. The average Bonchev–Trinajstić information content (AvgIpc) is 2.46.